The summed E-state index contributed by atoms with van der Waals surface area (Å²) in [7, 11) is -2.33. The predicted molar refractivity (Wildman–Crippen MR) is 135 cm³/mol. The van der Waals surface area contributed by atoms with Crippen molar-refractivity contribution in [2.45, 2.75) is 56.9 Å². The van der Waals surface area contributed by atoms with Gasteiger partial charge in [-0.05, 0) is 35.1 Å². The first-order chi connectivity index (χ1) is 16.2. The minimum atomic E-state index is -2.33. The number of hydrogen-bond donors (Lipinski definition) is 2. The van der Waals surface area contributed by atoms with Gasteiger partial charge in [0.05, 0.1) is 0 Å². The summed E-state index contributed by atoms with van der Waals surface area (Å²) < 4.78 is 13.7. The third-order valence-electron chi connectivity index (χ3n) is 7.03. The lowest BCUT2D eigenvalue weighted by molar-refractivity contribution is 0.0791. The monoisotopic (exact) mass is 458 g/mol. The molecule has 2 saturated heterocycles. The zero-order chi connectivity index (χ0) is 22.5. The first kappa shape index (κ1) is 22.5. The van der Waals surface area contributed by atoms with E-state index < -0.39 is 8.56 Å². The third kappa shape index (κ3) is 5.29. The molecule has 0 radical (unpaired) electrons. The van der Waals surface area contributed by atoms with Crippen molar-refractivity contribution in [2.24, 2.45) is 5.92 Å². The van der Waals surface area contributed by atoms with Crippen molar-refractivity contribution in [3.63, 3.8) is 0 Å². The van der Waals surface area contributed by atoms with Crippen LogP contribution in [0.2, 0.25) is 12.1 Å². The van der Waals surface area contributed by atoms with Crippen LogP contribution in [0.1, 0.15) is 36.0 Å². The molecule has 33 heavy (non-hydrogen) atoms. The summed E-state index contributed by atoms with van der Waals surface area (Å²) in [4.78, 5) is 0. The summed E-state index contributed by atoms with van der Waals surface area (Å²) in [5.41, 5.74) is 3.90. The van der Waals surface area contributed by atoms with Gasteiger partial charge in [0.25, 0.3) is 0 Å². The average Bonchev–Trinajstić information content (AvgIpc) is 3.42. The second kappa shape index (κ2) is 10.3. The minimum absolute atomic E-state index is 0.0235. The molecule has 1 spiro atoms. The first-order valence-corrected chi connectivity index (χ1v) is 14.4. The van der Waals surface area contributed by atoms with Gasteiger partial charge in [0.2, 0.25) is 0 Å². The van der Waals surface area contributed by atoms with Gasteiger partial charge in [0, 0.05) is 25.1 Å². The van der Waals surface area contributed by atoms with Crippen LogP contribution < -0.4 is 10.6 Å². The van der Waals surface area contributed by atoms with E-state index >= 15 is 0 Å². The van der Waals surface area contributed by atoms with Gasteiger partial charge in [-0.15, -0.1) is 0 Å². The van der Waals surface area contributed by atoms with Crippen molar-refractivity contribution in [2.75, 3.05) is 0 Å². The fraction of sp³-hybridized carbons (Fsp3) is 0.357. The van der Waals surface area contributed by atoms with Gasteiger partial charge in [0.15, 0.2) is 0 Å². The molecule has 4 nitrogen and oxygen atoms in total. The molecule has 5 heteroatoms. The van der Waals surface area contributed by atoms with E-state index in [4.69, 9.17) is 8.85 Å². The lowest BCUT2D eigenvalue weighted by atomic mass is 9.99. The van der Waals surface area contributed by atoms with Crippen molar-refractivity contribution in [3.05, 3.63) is 108 Å². The lowest BCUT2D eigenvalue weighted by Gasteiger charge is -2.24. The molecule has 3 aromatic carbocycles. The van der Waals surface area contributed by atoms with E-state index in [2.05, 4.69) is 109 Å². The van der Waals surface area contributed by atoms with E-state index in [-0.39, 0.29) is 12.5 Å². The molecule has 5 rings (SSSR count). The number of benzene rings is 3. The summed E-state index contributed by atoms with van der Waals surface area (Å²) in [5.74, 6) is 0.802. The van der Waals surface area contributed by atoms with E-state index in [0.717, 1.165) is 31.6 Å². The summed E-state index contributed by atoms with van der Waals surface area (Å²) in [6.45, 7) is 3.89. The highest BCUT2D eigenvalue weighted by atomic mass is 28.4. The first-order valence-electron chi connectivity index (χ1n) is 12.2. The van der Waals surface area contributed by atoms with Gasteiger partial charge >= 0.3 is 8.56 Å². The van der Waals surface area contributed by atoms with E-state index in [1.165, 1.54) is 16.7 Å². The summed E-state index contributed by atoms with van der Waals surface area (Å²) in [6.07, 6.45) is 1.14. The van der Waals surface area contributed by atoms with Gasteiger partial charge in [0.1, 0.15) is 12.5 Å². The normalized spacial score (nSPS) is 29.0. The van der Waals surface area contributed by atoms with Gasteiger partial charge in [-0.2, -0.15) is 0 Å². The standard InChI is InChI=1S/C28H34N2O2Si/c1-2-24-20-33(31-27(24)29-18-22-12-6-3-7-13-22)21-26(25-16-10-5-11-17-25)28(32-33)30-19-23-14-8-4-9-15-23/h3-17,24,26-30H,2,18-21H2,1H3. The van der Waals surface area contributed by atoms with Crippen molar-refractivity contribution in [1.29, 1.82) is 0 Å². The van der Waals surface area contributed by atoms with Crippen LogP contribution in [0, 0.1) is 5.92 Å². The Bertz CT molecular complexity index is 1000. The van der Waals surface area contributed by atoms with Gasteiger partial charge < -0.3 is 8.85 Å². The van der Waals surface area contributed by atoms with Crippen molar-refractivity contribution in [1.82, 2.24) is 10.6 Å². The van der Waals surface area contributed by atoms with Crippen LogP contribution in [0.4, 0.5) is 0 Å². The highest BCUT2D eigenvalue weighted by Crippen LogP contribution is 2.48. The molecule has 2 fully saturated rings. The average molecular weight is 459 g/mol. The highest BCUT2D eigenvalue weighted by Gasteiger charge is 2.58. The molecule has 0 bridgehead atoms. The number of nitrogens with one attached hydrogen (secondary N) is 2. The molecule has 172 valence electrons. The fourth-order valence-corrected chi connectivity index (χ4v) is 9.74. The second-order valence-electron chi connectivity index (χ2n) is 9.31. The molecule has 2 aliphatic rings. The molecular weight excluding hydrogens is 424 g/mol. The van der Waals surface area contributed by atoms with Gasteiger partial charge in [-0.1, -0.05) is 97.9 Å². The van der Waals surface area contributed by atoms with Crippen molar-refractivity contribution >= 4 is 8.56 Å². The molecule has 0 saturated carbocycles. The Morgan fingerprint density at radius 1 is 0.697 bits per heavy atom. The van der Waals surface area contributed by atoms with Crippen molar-refractivity contribution in [3.8, 4) is 0 Å². The molecule has 5 atom stereocenters. The number of rotatable bonds is 8. The van der Waals surface area contributed by atoms with E-state index in [0.29, 0.717) is 11.8 Å². The quantitative estimate of drug-likeness (QED) is 0.436. The van der Waals surface area contributed by atoms with Gasteiger partial charge in [-0.25, -0.2) is 0 Å². The Kier molecular flexibility index (Phi) is 7.04. The maximum absolute atomic E-state index is 6.88. The van der Waals surface area contributed by atoms with E-state index in [9.17, 15) is 0 Å². The van der Waals surface area contributed by atoms with Crippen molar-refractivity contribution < 1.29 is 8.85 Å². The maximum Gasteiger partial charge on any atom is 0.341 e. The Balaban J connectivity index is 1.31. The van der Waals surface area contributed by atoms with E-state index in [1.54, 1.807) is 0 Å². The molecule has 3 aromatic rings. The van der Waals surface area contributed by atoms with Crippen LogP contribution in [0.3, 0.4) is 0 Å². The maximum atomic E-state index is 6.88. The number of hydrogen-bond acceptors (Lipinski definition) is 4. The molecule has 2 aliphatic heterocycles. The summed E-state index contributed by atoms with van der Waals surface area (Å²) in [5, 5.41) is 7.40. The van der Waals surface area contributed by atoms with E-state index in [1.807, 2.05) is 0 Å². The second-order valence-corrected chi connectivity index (χ2v) is 12.4. The topological polar surface area (TPSA) is 42.5 Å². The molecule has 0 amide bonds. The van der Waals surface area contributed by atoms with Crippen LogP contribution in [0.25, 0.3) is 0 Å². The smallest absolute Gasteiger partial charge is 0.341 e. The largest absolute Gasteiger partial charge is 0.378 e. The SMILES string of the molecule is CCC1C[Si]2(CC(c3ccccc3)C(NCc3ccccc3)O2)OC1NCc1ccccc1. The van der Waals surface area contributed by atoms with Crippen LogP contribution in [-0.2, 0) is 21.9 Å². The van der Waals surface area contributed by atoms with Crippen LogP contribution in [0.15, 0.2) is 91.0 Å². The van der Waals surface area contributed by atoms with Crippen LogP contribution >= 0.6 is 0 Å². The van der Waals surface area contributed by atoms with Crippen LogP contribution in [-0.4, -0.2) is 21.0 Å². The zero-order valence-corrected chi connectivity index (χ0v) is 20.3. The lowest BCUT2D eigenvalue weighted by Crippen LogP contribution is -2.41. The molecule has 2 heterocycles. The summed E-state index contributed by atoms with van der Waals surface area (Å²) >= 11 is 0. The van der Waals surface area contributed by atoms with Crippen LogP contribution in [0.5, 0.6) is 0 Å². The molecular formula is C28H34N2O2Si. The Morgan fingerprint density at radius 3 is 1.79 bits per heavy atom. The Hall–Kier alpha value is -2.28. The summed E-state index contributed by atoms with van der Waals surface area (Å²) in [6, 6.07) is 34.0. The minimum Gasteiger partial charge on any atom is -0.378 e. The third-order valence-corrected chi connectivity index (χ3v) is 10.6. The van der Waals surface area contributed by atoms with Gasteiger partial charge in [-0.3, -0.25) is 10.6 Å². The molecule has 2 N–H and O–H groups in total. The molecule has 0 aliphatic carbocycles. The Labute approximate surface area is 198 Å². The highest BCUT2D eigenvalue weighted by molar-refractivity contribution is 6.69. The Morgan fingerprint density at radius 2 is 1.21 bits per heavy atom. The molecule has 5 unspecified atom stereocenters. The molecule has 0 aromatic heterocycles. The zero-order valence-electron chi connectivity index (χ0n) is 19.3. The fourth-order valence-electron chi connectivity index (χ4n) is 5.27. The predicted octanol–water partition coefficient (Wildman–Crippen LogP) is 5.53.